The molecule has 0 saturated carbocycles. The van der Waals surface area contributed by atoms with E-state index in [9.17, 15) is 13.2 Å². The number of halogens is 3. The van der Waals surface area contributed by atoms with E-state index < -0.39 is 12.2 Å². The molecule has 1 N–H and O–H groups in total. The summed E-state index contributed by atoms with van der Waals surface area (Å²) in [5.41, 5.74) is 2.15. The molecule has 1 aromatic rings. The van der Waals surface area contributed by atoms with E-state index in [0.717, 1.165) is 36.9 Å². The third-order valence-corrected chi connectivity index (χ3v) is 4.86. The maximum Gasteiger partial charge on any atom is 0.403 e. The molecule has 1 unspecified atom stereocenters. The summed E-state index contributed by atoms with van der Waals surface area (Å²) in [4.78, 5) is 8.19. The summed E-state index contributed by atoms with van der Waals surface area (Å²) >= 11 is 0. The highest BCUT2D eigenvalue weighted by atomic mass is 19.4. The van der Waals surface area contributed by atoms with E-state index in [-0.39, 0.29) is 0 Å². The number of aliphatic imine (C=N–C) groups is 1. The number of piperazine rings is 1. The maximum absolute atomic E-state index is 12.9. The number of rotatable bonds is 6. The van der Waals surface area contributed by atoms with E-state index in [0.29, 0.717) is 32.7 Å². The summed E-state index contributed by atoms with van der Waals surface area (Å²) in [6, 6.07) is 0.648. The highest BCUT2D eigenvalue weighted by molar-refractivity contribution is 5.80. The van der Waals surface area contributed by atoms with Crippen molar-refractivity contribution in [3.05, 3.63) is 17.5 Å². The van der Waals surface area contributed by atoms with Crippen molar-refractivity contribution in [1.29, 1.82) is 0 Å². The lowest BCUT2D eigenvalue weighted by molar-refractivity contribution is -0.181. The number of nitrogens with zero attached hydrogens (tertiary/aromatic N) is 5. The Hall–Kier alpha value is -1.77. The fraction of sp³-hybridized carbons (Fsp3) is 0.778. The average Bonchev–Trinajstić information content (AvgIpc) is 2.93. The Bertz CT molecular complexity index is 617. The van der Waals surface area contributed by atoms with Crippen LogP contribution in [0.15, 0.2) is 11.1 Å². The molecule has 154 valence electrons. The quantitative estimate of drug-likeness (QED) is 0.462. The third-order valence-electron chi connectivity index (χ3n) is 4.86. The fourth-order valence-electron chi connectivity index (χ4n) is 3.26. The molecular weight excluding hydrogens is 357 g/mol. The number of nitrogens with one attached hydrogen (secondary N) is 1. The molecule has 27 heavy (non-hydrogen) atoms. The predicted molar refractivity (Wildman–Crippen MR) is 101 cm³/mol. The number of aryl methyl sites for hydroxylation is 3. The van der Waals surface area contributed by atoms with Gasteiger partial charge in [-0.2, -0.15) is 18.3 Å². The molecule has 6 nitrogen and oxygen atoms in total. The fourth-order valence-corrected chi connectivity index (χ4v) is 3.26. The van der Waals surface area contributed by atoms with Gasteiger partial charge in [0, 0.05) is 51.5 Å². The summed E-state index contributed by atoms with van der Waals surface area (Å²) in [7, 11) is 0. The van der Waals surface area contributed by atoms with E-state index in [1.54, 1.807) is 0 Å². The van der Waals surface area contributed by atoms with Gasteiger partial charge in [0.1, 0.15) is 6.04 Å². The topological polar surface area (TPSA) is 48.7 Å². The molecule has 1 aliphatic rings. The Morgan fingerprint density at radius 2 is 1.93 bits per heavy atom. The molecule has 1 atom stereocenters. The van der Waals surface area contributed by atoms with Gasteiger partial charge in [0.05, 0.1) is 5.69 Å². The lowest BCUT2D eigenvalue weighted by Gasteiger charge is -2.39. The van der Waals surface area contributed by atoms with E-state index >= 15 is 0 Å². The van der Waals surface area contributed by atoms with Crippen molar-refractivity contribution in [2.75, 3.05) is 39.3 Å². The van der Waals surface area contributed by atoms with Crippen molar-refractivity contribution in [2.24, 2.45) is 4.99 Å². The first-order valence-electron chi connectivity index (χ1n) is 9.57. The number of alkyl halides is 3. The van der Waals surface area contributed by atoms with Crippen molar-refractivity contribution in [3.8, 4) is 0 Å². The minimum absolute atomic E-state index is 0.386. The normalized spacial score (nSPS) is 18.0. The lowest BCUT2D eigenvalue weighted by atomic mass is 10.2. The van der Waals surface area contributed by atoms with Crippen molar-refractivity contribution in [2.45, 2.75) is 52.9 Å². The van der Waals surface area contributed by atoms with Crippen LogP contribution in [0.3, 0.4) is 0 Å². The van der Waals surface area contributed by atoms with Crippen LogP contribution in [0.2, 0.25) is 0 Å². The van der Waals surface area contributed by atoms with Crippen LogP contribution in [0.25, 0.3) is 0 Å². The SMILES string of the molecule is CCNC(=NCCCn1nc(C)cc1C)N1CCN(C(C)C(F)(F)F)CC1. The van der Waals surface area contributed by atoms with Gasteiger partial charge in [-0.3, -0.25) is 14.6 Å². The smallest absolute Gasteiger partial charge is 0.357 e. The molecule has 0 aliphatic carbocycles. The molecule has 2 rings (SSSR count). The maximum atomic E-state index is 12.9. The van der Waals surface area contributed by atoms with Crippen LogP contribution >= 0.6 is 0 Å². The standard InChI is InChI=1S/C18H31F3N6/c1-5-22-17(23-7-6-8-27-15(3)13-14(2)24-27)26-11-9-25(10-12-26)16(4)18(19,20)21/h13,16H,5-12H2,1-4H3,(H,22,23). The van der Waals surface area contributed by atoms with Gasteiger partial charge in [0.15, 0.2) is 5.96 Å². The van der Waals surface area contributed by atoms with E-state index in [4.69, 9.17) is 0 Å². The zero-order valence-corrected chi connectivity index (χ0v) is 16.7. The van der Waals surface area contributed by atoms with Gasteiger partial charge < -0.3 is 10.2 Å². The highest BCUT2D eigenvalue weighted by Gasteiger charge is 2.41. The largest absolute Gasteiger partial charge is 0.403 e. The van der Waals surface area contributed by atoms with Gasteiger partial charge in [-0.15, -0.1) is 0 Å². The molecule has 1 fully saturated rings. The van der Waals surface area contributed by atoms with E-state index in [1.807, 2.05) is 30.4 Å². The lowest BCUT2D eigenvalue weighted by Crippen LogP contribution is -2.56. The second-order valence-electron chi connectivity index (χ2n) is 6.98. The van der Waals surface area contributed by atoms with Crippen LogP contribution in [0.4, 0.5) is 13.2 Å². The summed E-state index contributed by atoms with van der Waals surface area (Å²) in [6.07, 6.45) is -3.31. The Morgan fingerprint density at radius 1 is 1.26 bits per heavy atom. The monoisotopic (exact) mass is 388 g/mol. The predicted octanol–water partition coefficient (Wildman–Crippen LogP) is 2.42. The van der Waals surface area contributed by atoms with Crippen molar-refractivity contribution in [1.82, 2.24) is 24.9 Å². The van der Waals surface area contributed by atoms with Crippen LogP contribution < -0.4 is 5.32 Å². The van der Waals surface area contributed by atoms with Crippen LogP contribution in [0.1, 0.15) is 31.7 Å². The second-order valence-corrected chi connectivity index (χ2v) is 6.98. The Balaban J connectivity index is 1.85. The third kappa shape index (κ3) is 6.12. The molecule has 0 bridgehead atoms. The first kappa shape index (κ1) is 21.5. The highest BCUT2D eigenvalue weighted by Crippen LogP contribution is 2.25. The number of guanidine groups is 1. The molecule has 2 heterocycles. The summed E-state index contributed by atoms with van der Waals surface area (Å²) in [6.45, 7) is 11.3. The van der Waals surface area contributed by atoms with Gasteiger partial charge in [0.25, 0.3) is 0 Å². The summed E-state index contributed by atoms with van der Waals surface area (Å²) in [5.74, 6) is 0.783. The number of hydrogen-bond acceptors (Lipinski definition) is 3. The first-order chi connectivity index (χ1) is 12.7. The Kier molecular flexibility index (Phi) is 7.52. The van der Waals surface area contributed by atoms with Gasteiger partial charge >= 0.3 is 6.18 Å². The minimum atomic E-state index is -4.18. The molecule has 1 aromatic heterocycles. The average molecular weight is 388 g/mol. The van der Waals surface area contributed by atoms with Crippen LogP contribution in [-0.2, 0) is 6.54 Å². The molecule has 1 aliphatic heterocycles. The summed E-state index contributed by atoms with van der Waals surface area (Å²) < 4.78 is 40.6. The number of aromatic nitrogens is 2. The van der Waals surface area contributed by atoms with Crippen molar-refractivity contribution in [3.63, 3.8) is 0 Å². The molecule has 9 heteroatoms. The molecule has 1 saturated heterocycles. The Labute approximate surface area is 159 Å². The number of hydrogen-bond donors (Lipinski definition) is 1. The van der Waals surface area contributed by atoms with Crippen LogP contribution in [-0.4, -0.2) is 77.0 Å². The molecule has 0 aromatic carbocycles. The van der Waals surface area contributed by atoms with E-state index in [1.165, 1.54) is 11.8 Å². The van der Waals surface area contributed by atoms with E-state index in [2.05, 4.69) is 21.5 Å². The van der Waals surface area contributed by atoms with Gasteiger partial charge in [-0.25, -0.2) is 0 Å². The zero-order valence-electron chi connectivity index (χ0n) is 16.7. The molecule has 0 radical (unpaired) electrons. The van der Waals surface area contributed by atoms with Crippen LogP contribution in [0, 0.1) is 13.8 Å². The van der Waals surface area contributed by atoms with Crippen LogP contribution in [0.5, 0.6) is 0 Å². The van der Waals surface area contributed by atoms with Crippen molar-refractivity contribution < 1.29 is 13.2 Å². The van der Waals surface area contributed by atoms with Gasteiger partial charge in [-0.05, 0) is 40.2 Å². The molecule has 0 spiro atoms. The first-order valence-corrected chi connectivity index (χ1v) is 9.57. The second kappa shape index (κ2) is 9.43. The van der Waals surface area contributed by atoms with Gasteiger partial charge in [-0.1, -0.05) is 0 Å². The van der Waals surface area contributed by atoms with Crippen molar-refractivity contribution >= 4 is 5.96 Å². The molecule has 0 amide bonds. The summed E-state index contributed by atoms with van der Waals surface area (Å²) in [5, 5.41) is 7.70. The minimum Gasteiger partial charge on any atom is -0.357 e. The Morgan fingerprint density at radius 3 is 2.44 bits per heavy atom. The molecular formula is C18H31F3N6. The zero-order chi connectivity index (χ0) is 20.0. The van der Waals surface area contributed by atoms with Gasteiger partial charge in [0.2, 0.25) is 0 Å².